The number of phenolic OH excluding ortho intramolecular Hbond substituents is 1. The van der Waals surface area contributed by atoms with Gasteiger partial charge in [-0.15, -0.1) is 0 Å². The average Bonchev–Trinajstić information content (AvgIpc) is 2.26. The van der Waals surface area contributed by atoms with Gasteiger partial charge in [0.05, 0.1) is 28.2 Å². The molecule has 0 atom stereocenters. The average molecular weight is 243 g/mol. The van der Waals surface area contributed by atoms with Crippen molar-refractivity contribution in [1.29, 1.82) is 0 Å². The van der Waals surface area contributed by atoms with Gasteiger partial charge in [0.15, 0.2) is 0 Å². The van der Waals surface area contributed by atoms with Crippen LogP contribution in [0.15, 0.2) is 12.1 Å². The third-order valence-electron chi connectivity index (χ3n) is 1.91. The molecular formula is C8H9N3O6. The summed E-state index contributed by atoms with van der Waals surface area (Å²) in [6, 6.07) is 1.62. The van der Waals surface area contributed by atoms with Crippen molar-refractivity contribution in [2.75, 3.05) is 18.5 Å². The molecule has 0 saturated carbocycles. The van der Waals surface area contributed by atoms with E-state index in [1.165, 1.54) is 0 Å². The van der Waals surface area contributed by atoms with Crippen molar-refractivity contribution in [3.05, 3.63) is 32.4 Å². The van der Waals surface area contributed by atoms with Gasteiger partial charge < -0.3 is 15.5 Å². The molecule has 0 radical (unpaired) electrons. The fourth-order valence-corrected chi connectivity index (χ4v) is 1.17. The Kier molecular flexibility index (Phi) is 3.78. The number of phenols is 1. The number of anilines is 1. The highest BCUT2D eigenvalue weighted by atomic mass is 16.6. The molecule has 0 bridgehead atoms. The second kappa shape index (κ2) is 5.07. The Hall–Kier alpha value is -2.42. The Morgan fingerprint density at radius 2 is 1.88 bits per heavy atom. The van der Waals surface area contributed by atoms with E-state index in [2.05, 4.69) is 5.32 Å². The summed E-state index contributed by atoms with van der Waals surface area (Å²) in [6.45, 7) is -0.276. The molecule has 0 aliphatic rings. The smallest absolute Gasteiger partial charge is 0.319 e. The molecule has 0 heterocycles. The lowest BCUT2D eigenvalue weighted by Gasteiger charge is -2.06. The highest BCUT2D eigenvalue weighted by molar-refractivity contribution is 5.70. The number of nitrogens with one attached hydrogen (secondary N) is 1. The van der Waals surface area contributed by atoms with Crippen LogP contribution in [-0.4, -0.2) is 33.2 Å². The lowest BCUT2D eigenvalue weighted by molar-refractivity contribution is -0.394. The quantitative estimate of drug-likeness (QED) is 0.391. The lowest BCUT2D eigenvalue weighted by Crippen LogP contribution is -2.06. The van der Waals surface area contributed by atoms with E-state index in [1.807, 2.05) is 0 Å². The highest BCUT2D eigenvalue weighted by Gasteiger charge is 2.23. The zero-order valence-electron chi connectivity index (χ0n) is 8.49. The molecule has 9 nitrogen and oxygen atoms in total. The van der Waals surface area contributed by atoms with Crippen LogP contribution in [0.25, 0.3) is 0 Å². The number of aromatic hydroxyl groups is 1. The summed E-state index contributed by atoms with van der Waals surface area (Å²) in [6.07, 6.45) is 0. The van der Waals surface area contributed by atoms with Gasteiger partial charge in [0.1, 0.15) is 0 Å². The molecule has 1 aromatic rings. The van der Waals surface area contributed by atoms with Crippen molar-refractivity contribution < 1.29 is 20.1 Å². The van der Waals surface area contributed by atoms with Crippen LogP contribution in [0, 0.1) is 20.2 Å². The maximum atomic E-state index is 10.6. The van der Waals surface area contributed by atoms with Gasteiger partial charge in [0.25, 0.3) is 5.69 Å². The van der Waals surface area contributed by atoms with E-state index in [0.29, 0.717) is 6.07 Å². The van der Waals surface area contributed by atoms with Gasteiger partial charge in [0, 0.05) is 12.6 Å². The number of nitro groups is 2. The summed E-state index contributed by atoms with van der Waals surface area (Å²) < 4.78 is 0. The minimum Gasteiger partial charge on any atom is -0.501 e. The first kappa shape index (κ1) is 12.6. The number of nitrogens with zero attached hydrogens (tertiary/aromatic N) is 2. The number of nitro benzene ring substituents is 2. The molecule has 0 saturated heterocycles. The van der Waals surface area contributed by atoms with E-state index >= 15 is 0 Å². The fraction of sp³-hybridized carbons (Fsp3) is 0.250. The van der Waals surface area contributed by atoms with Gasteiger partial charge >= 0.3 is 5.69 Å². The molecular weight excluding hydrogens is 234 g/mol. The number of hydrogen-bond donors (Lipinski definition) is 3. The van der Waals surface area contributed by atoms with Gasteiger partial charge in [-0.05, 0) is 0 Å². The zero-order chi connectivity index (χ0) is 13.0. The third kappa shape index (κ3) is 2.78. The molecule has 0 aliphatic heterocycles. The number of non-ortho nitro benzene ring substituents is 1. The van der Waals surface area contributed by atoms with Crippen molar-refractivity contribution in [3.63, 3.8) is 0 Å². The van der Waals surface area contributed by atoms with Crippen LogP contribution in [0.5, 0.6) is 5.75 Å². The minimum atomic E-state index is -0.924. The molecule has 9 heteroatoms. The third-order valence-corrected chi connectivity index (χ3v) is 1.91. The first-order valence-electron chi connectivity index (χ1n) is 4.48. The largest absolute Gasteiger partial charge is 0.501 e. The van der Waals surface area contributed by atoms with Crippen molar-refractivity contribution in [1.82, 2.24) is 0 Å². The zero-order valence-corrected chi connectivity index (χ0v) is 8.49. The Balaban J connectivity index is 3.27. The Morgan fingerprint density at radius 3 is 2.35 bits per heavy atom. The van der Waals surface area contributed by atoms with Gasteiger partial charge in [-0.2, -0.15) is 0 Å². The highest BCUT2D eigenvalue weighted by Crippen LogP contribution is 2.37. The molecule has 92 valence electrons. The van der Waals surface area contributed by atoms with Crippen LogP contribution < -0.4 is 5.32 Å². The van der Waals surface area contributed by atoms with Crippen molar-refractivity contribution >= 4 is 17.1 Å². The minimum absolute atomic E-state index is 0.00584. The van der Waals surface area contributed by atoms with Crippen molar-refractivity contribution in [2.24, 2.45) is 0 Å². The molecule has 0 aliphatic carbocycles. The normalized spacial score (nSPS) is 9.94. The molecule has 0 aromatic heterocycles. The first-order chi connectivity index (χ1) is 7.97. The van der Waals surface area contributed by atoms with E-state index < -0.39 is 27.0 Å². The van der Waals surface area contributed by atoms with Gasteiger partial charge in [-0.25, -0.2) is 0 Å². The van der Waals surface area contributed by atoms with Gasteiger partial charge in [-0.1, -0.05) is 0 Å². The molecule has 1 rings (SSSR count). The van der Waals surface area contributed by atoms with Crippen LogP contribution in [0.1, 0.15) is 0 Å². The topological polar surface area (TPSA) is 139 Å². The van der Waals surface area contributed by atoms with Crippen LogP contribution in [0.2, 0.25) is 0 Å². The fourth-order valence-electron chi connectivity index (χ4n) is 1.17. The van der Waals surface area contributed by atoms with E-state index in [0.717, 1.165) is 6.07 Å². The summed E-state index contributed by atoms with van der Waals surface area (Å²) in [7, 11) is 0. The van der Waals surface area contributed by atoms with E-state index in [1.54, 1.807) is 0 Å². The lowest BCUT2D eigenvalue weighted by atomic mass is 10.2. The summed E-state index contributed by atoms with van der Waals surface area (Å²) in [4.78, 5) is 19.4. The molecule has 17 heavy (non-hydrogen) atoms. The van der Waals surface area contributed by atoms with Crippen LogP contribution in [0.3, 0.4) is 0 Å². The van der Waals surface area contributed by atoms with E-state index in [9.17, 15) is 25.3 Å². The standard InChI is InChI=1S/C8H9N3O6/c12-2-1-9-6-3-5(10(14)15)4-7(8(6)13)11(16)17/h3-4,9,12-13H,1-2H2. The first-order valence-corrected chi connectivity index (χ1v) is 4.48. The molecule has 0 unspecified atom stereocenters. The Labute approximate surface area is 94.6 Å². The Morgan fingerprint density at radius 1 is 1.24 bits per heavy atom. The second-order valence-corrected chi connectivity index (χ2v) is 3.03. The van der Waals surface area contributed by atoms with E-state index in [-0.39, 0.29) is 18.8 Å². The predicted molar refractivity (Wildman–Crippen MR) is 57.0 cm³/mol. The molecule has 0 amide bonds. The summed E-state index contributed by atoms with van der Waals surface area (Å²) in [5.74, 6) is -0.700. The number of rotatable bonds is 5. The number of aliphatic hydroxyl groups is 1. The van der Waals surface area contributed by atoms with Crippen LogP contribution in [0.4, 0.5) is 17.1 Å². The van der Waals surface area contributed by atoms with Crippen LogP contribution in [-0.2, 0) is 0 Å². The van der Waals surface area contributed by atoms with Crippen molar-refractivity contribution in [2.45, 2.75) is 0 Å². The predicted octanol–water partition coefficient (Wildman–Crippen LogP) is 0.613. The summed E-state index contributed by atoms with van der Waals surface area (Å²) in [5, 5.41) is 41.6. The second-order valence-electron chi connectivity index (χ2n) is 3.03. The van der Waals surface area contributed by atoms with Gasteiger partial charge in [-0.3, -0.25) is 20.2 Å². The van der Waals surface area contributed by atoms with E-state index in [4.69, 9.17) is 5.11 Å². The summed E-state index contributed by atoms with van der Waals surface area (Å²) >= 11 is 0. The number of aliphatic hydroxyl groups excluding tert-OH is 1. The molecule has 0 spiro atoms. The van der Waals surface area contributed by atoms with Crippen LogP contribution >= 0.6 is 0 Å². The summed E-state index contributed by atoms with van der Waals surface area (Å²) in [5.41, 5.74) is -1.45. The monoisotopic (exact) mass is 243 g/mol. The Bertz CT molecular complexity index is 461. The molecule has 1 aromatic carbocycles. The number of benzene rings is 1. The SMILES string of the molecule is O=[N+]([O-])c1cc(NCCO)c(O)c([N+](=O)[O-])c1. The molecule has 0 fully saturated rings. The maximum absolute atomic E-state index is 10.6. The van der Waals surface area contributed by atoms with Gasteiger partial charge in [0.2, 0.25) is 5.75 Å². The number of hydrogen-bond acceptors (Lipinski definition) is 7. The van der Waals surface area contributed by atoms with Crippen molar-refractivity contribution in [3.8, 4) is 5.75 Å². The maximum Gasteiger partial charge on any atom is 0.319 e. The molecule has 3 N–H and O–H groups in total.